The van der Waals surface area contributed by atoms with E-state index in [4.69, 9.17) is 23.2 Å². The lowest BCUT2D eigenvalue weighted by Crippen LogP contribution is -2.27. The van der Waals surface area contributed by atoms with E-state index in [1.807, 2.05) is 0 Å². The molecule has 0 aliphatic carbocycles. The maximum Gasteiger partial charge on any atom is 0.256 e. The molecule has 21 heavy (non-hydrogen) atoms. The van der Waals surface area contributed by atoms with E-state index in [0.717, 1.165) is 5.56 Å². The molecular weight excluding hydrogens is 380 g/mol. The lowest BCUT2D eigenvalue weighted by atomic mass is 10.1. The van der Waals surface area contributed by atoms with Crippen LogP contribution in [0.3, 0.4) is 0 Å². The molecule has 0 aromatic heterocycles. The van der Waals surface area contributed by atoms with Gasteiger partial charge in [0.25, 0.3) is 5.91 Å². The molecule has 0 saturated carbocycles. The van der Waals surface area contributed by atoms with Crippen LogP contribution in [0.4, 0.5) is 4.39 Å². The summed E-state index contributed by atoms with van der Waals surface area (Å²) in [6.07, 6.45) is 0. The third kappa shape index (κ3) is 3.96. The first kappa shape index (κ1) is 16.3. The van der Waals surface area contributed by atoms with E-state index in [0.29, 0.717) is 21.1 Å². The Bertz CT molecular complexity index is 693. The molecule has 0 unspecified atom stereocenters. The quantitative estimate of drug-likeness (QED) is 0.708. The zero-order valence-corrected chi connectivity index (χ0v) is 14.1. The first-order valence-electron chi connectivity index (χ1n) is 6.03. The summed E-state index contributed by atoms with van der Waals surface area (Å²) in [5.41, 5.74) is 0.836. The van der Waals surface area contributed by atoms with Crippen LogP contribution in [0.5, 0.6) is 0 Å². The highest BCUT2D eigenvalue weighted by Gasteiger charge is 2.17. The fourth-order valence-corrected chi connectivity index (χ4v) is 2.53. The minimum atomic E-state index is -0.552. The highest BCUT2D eigenvalue weighted by molar-refractivity contribution is 9.10. The molecule has 0 saturated heterocycles. The monoisotopic (exact) mass is 389 g/mol. The van der Waals surface area contributed by atoms with Crippen LogP contribution in [0.15, 0.2) is 40.9 Å². The molecule has 0 aliphatic rings. The predicted octanol–water partition coefficient (Wildman–Crippen LogP) is 5.17. The van der Waals surface area contributed by atoms with Gasteiger partial charge in [0, 0.05) is 18.1 Å². The van der Waals surface area contributed by atoms with E-state index in [1.165, 1.54) is 17.0 Å². The van der Waals surface area contributed by atoms with Crippen LogP contribution in [0.2, 0.25) is 10.0 Å². The van der Waals surface area contributed by atoms with Gasteiger partial charge in [-0.3, -0.25) is 4.79 Å². The van der Waals surface area contributed by atoms with Crippen LogP contribution in [-0.2, 0) is 6.54 Å². The second kappa shape index (κ2) is 6.77. The number of amides is 1. The Balaban J connectivity index is 2.19. The standard InChI is InChI=1S/C15H11BrCl2FNO/c1-20(8-9-2-4-12(17)13(18)6-9)15(21)11-7-10(16)3-5-14(11)19/h2-7H,8H2,1H3. The molecule has 0 bridgehead atoms. The Morgan fingerprint density at radius 3 is 2.57 bits per heavy atom. The second-order valence-corrected chi connectivity index (χ2v) is 6.26. The molecule has 2 nitrogen and oxygen atoms in total. The molecule has 0 fully saturated rings. The van der Waals surface area contributed by atoms with Gasteiger partial charge in [-0.05, 0) is 35.9 Å². The Kier molecular flexibility index (Phi) is 5.25. The van der Waals surface area contributed by atoms with Gasteiger partial charge in [0.05, 0.1) is 15.6 Å². The van der Waals surface area contributed by atoms with Crippen molar-refractivity contribution in [2.45, 2.75) is 6.54 Å². The molecule has 0 radical (unpaired) electrons. The van der Waals surface area contributed by atoms with Gasteiger partial charge in [-0.1, -0.05) is 45.2 Å². The zero-order valence-electron chi connectivity index (χ0n) is 11.0. The van der Waals surface area contributed by atoms with Crippen molar-refractivity contribution in [1.29, 1.82) is 0 Å². The molecule has 0 spiro atoms. The van der Waals surface area contributed by atoms with Crippen molar-refractivity contribution in [3.05, 3.63) is 67.9 Å². The van der Waals surface area contributed by atoms with Gasteiger partial charge < -0.3 is 4.90 Å². The van der Waals surface area contributed by atoms with Crippen LogP contribution in [-0.4, -0.2) is 17.9 Å². The van der Waals surface area contributed by atoms with Crippen molar-refractivity contribution < 1.29 is 9.18 Å². The normalized spacial score (nSPS) is 10.5. The van der Waals surface area contributed by atoms with E-state index in [1.54, 1.807) is 31.3 Å². The first-order chi connectivity index (χ1) is 9.88. The number of carbonyl (C=O) groups is 1. The molecule has 110 valence electrons. The molecule has 2 rings (SSSR count). The van der Waals surface area contributed by atoms with Crippen molar-refractivity contribution in [3.8, 4) is 0 Å². The van der Waals surface area contributed by atoms with Crippen LogP contribution in [0.1, 0.15) is 15.9 Å². The zero-order chi connectivity index (χ0) is 15.6. The number of rotatable bonds is 3. The smallest absolute Gasteiger partial charge is 0.256 e. The van der Waals surface area contributed by atoms with E-state index >= 15 is 0 Å². The lowest BCUT2D eigenvalue weighted by Gasteiger charge is -2.18. The van der Waals surface area contributed by atoms with Gasteiger partial charge in [0.15, 0.2) is 0 Å². The highest BCUT2D eigenvalue weighted by atomic mass is 79.9. The van der Waals surface area contributed by atoms with E-state index in [2.05, 4.69) is 15.9 Å². The summed E-state index contributed by atoms with van der Waals surface area (Å²) in [5, 5.41) is 0.871. The summed E-state index contributed by atoms with van der Waals surface area (Å²) in [4.78, 5) is 13.7. The van der Waals surface area contributed by atoms with Crippen molar-refractivity contribution >= 4 is 45.0 Å². The van der Waals surface area contributed by atoms with Gasteiger partial charge in [-0.15, -0.1) is 0 Å². The summed E-state index contributed by atoms with van der Waals surface area (Å²) in [6.45, 7) is 0.307. The van der Waals surface area contributed by atoms with Crippen LogP contribution in [0.25, 0.3) is 0 Å². The number of hydrogen-bond acceptors (Lipinski definition) is 1. The van der Waals surface area contributed by atoms with Crippen LogP contribution in [0, 0.1) is 5.82 Å². The SMILES string of the molecule is CN(Cc1ccc(Cl)c(Cl)c1)C(=O)c1cc(Br)ccc1F. The van der Waals surface area contributed by atoms with Crippen molar-refractivity contribution in [2.24, 2.45) is 0 Å². The molecule has 0 heterocycles. The van der Waals surface area contributed by atoms with Crippen molar-refractivity contribution in [2.75, 3.05) is 7.05 Å². The molecule has 6 heteroatoms. The topological polar surface area (TPSA) is 20.3 Å². The fraction of sp³-hybridized carbons (Fsp3) is 0.133. The minimum Gasteiger partial charge on any atom is -0.337 e. The number of carbonyl (C=O) groups excluding carboxylic acids is 1. The van der Waals surface area contributed by atoms with Gasteiger partial charge in [-0.25, -0.2) is 4.39 Å². The summed E-state index contributed by atoms with van der Waals surface area (Å²) in [6, 6.07) is 9.38. The molecule has 0 atom stereocenters. The van der Waals surface area contributed by atoms with Gasteiger partial charge >= 0.3 is 0 Å². The first-order valence-corrected chi connectivity index (χ1v) is 7.58. The van der Waals surface area contributed by atoms with Gasteiger partial charge in [0.2, 0.25) is 0 Å². The number of benzene rings is 2. The Labute approximate surface area is 140 Å². The summed E-state index contributed by atoms with van der Waals surface area (Å²) >= 11 is 15.0. The molecule has 2 aromatic rings. The molecule has 2 aromatic carbocycles. The van der Waals surface area contributed by atoms with Crippen LogP contribution < -0.4 is 0 Å². The maximum absolute atomic E-state index is 13.7. The minimum absolute atomic E-state index is 0.0203. The summed E-state index contributed by atoms with van der Waals surface area (Å²) in [7, 11) is 1.60. The lowest BCUT2D eigenvalue weighted by molar-refractivity contribution is 0.0780. The van der Waals surface area contributed by atoms with Crippen LogP contribution >= 0.6 is 39.1 Å². The molecule has 0 N–H and O–H groups in total. The van der Waals surface area contributed by atoms with Crippen molar-refractivity contribution in [3.63, 3.8) is 0 Å². The fourth-order valence-electron chi connectivity index (χ4n) is 1.85. The highest BCUT2D eigenvalue weighted by Crippen LogP contribution is 2.24. The number of hydrogen-bond donors (Lipinski definition) is 0. The van der Waals surface area contributed by atoms with E-state index in [-0.39, 0.29) is 5.56 Å². The largest absolute Gasteiger partial charge is 0.337 e. The second-order valence-electron chi connectivity index (χ2n) is 4.53. The average Bonchev–Trinajstić information content (AvgIpc) is 2.44. The number of nitrogens with zero attached hydrogens (tertiary/aromatic N) is 1. The Hall–Kier alpha value is -1.10. The third-order valence-electron chi connectivity index (χ3n) is 2.91. The predicted molar refractivity (Wildman–Crippen MR) is 86.4 cm³/mol. The average molecular weight is 391 g/mol. The summed E-state index contributed by atoms with van der Waals surface area (Å²) < 4.78 is 14.4. The third-order valence-corrected chi connectivity index (χ3v) is 4.14. The van der Waals surface area contributed by atoms with Gasteiger partial charge in [0.1, 0.15) is 5.82 Å². The maximum atomic E-state index is 13.7. The molecule has 0 aliphatic heterocycles. The summed E-state index contributed by atoms with van der Waals surface area (Å²) in [5.74, 6) is -0.955. The molecular formula is C15H11BrCl2FNO. The Morgan fingerprint density at radius 1 is 1.19 bits per heavy atom. The molecule has 1 amide bonds. The van der Waals surface area contributed by atoms with E-state index in [9.17, 15) is 9.18 Å². The number of halogens is 4. The van der Waals surface area contributed by atoms with Crippen molar-refractivity contribution in [1.82, 2.24) is 4.90 Å². The van der Waals surface area contributed by atoms with Gasteiger partial charge in [-0.2, -0.15) is 0 Å². The Morgan fingerprint density at radius 2 is 1.90 bits per heavy atom. The van der Waals surface area contributed by atoms with E-state index < -0.39 is 11.7 Å².